The maximum atomic E-state index is 10.5. The van der Waals surface area contributed by atoms with Crippen LogP contribution in [-0.2, 0) is 4.79 Å². The highest BCUT2D eigenvalue weighted by Crippen LogP contribution is 1.96. The molecule has 2 N–H and O–H groups in total. The molecule has 1 aliphatic rings. The minimum Gasteiger partial charge on any atom is -0.362 e. The van der Waals surface area contributed by atoms with Crippen molar-refractivity contribution in [2.24, 2.45) is 0 Å². The molecule has 0 aromatic rings. The van der Waals surface area contributed by atoms with Gasteiger partial charge in [-0.1, -0.05) is 6.08 Å². The molecule has 0 saturated carbocycles. The lowest BCUT2D eigenvalue weighted by Crippen LogP contribution is -2.33. The normalized spacial score (nSPS) is 16.5. The van der Waals surface area contributed by atoms with Gasteiger partial charge in [0.15, 0.2) is 6.17 Å². The molecule has 0 fully saturated rings. The van der Waals surface area contributed by atoms with E-state index >= 15 is 0 Å². The second-order valence-electron chi connectivity index (χ2n) is 1.96. The molecule has 0 spiro atoms. The SMILES string of the molecule is CC(=O)N[C]1C=CC=CN1. The van der Waals surface area contributed by atoms with Gasteiger partial charge >= 0.3 is 0 Å². The fourth-order valence-corrected chi connectivity index (χ4v) is 0.661. The third-order valence-corrected chi connectivity index (χ3v) is 1.02. The fraction of sp³-hybridized carbons (Fsp3) is 0.143. The molecule has 1 radical (unpaired) electrons. The van der Waals surface area contributed by atoms with Gasteiger partial charge in [-0.15, -0.1) is 0 Å². The summed E-state index contributed by atoms with van der Waals surface area (Å²) >= 11 is 0. The summed E-state index contributed by atoms with van der Waals surface area (Å²) in [5, 5.41) is 5.48. The van der Waals surface area contributed by atoms with Crippen molar-refractivity contribution < 1.29 is 4.79 Å². The van der Waals surface area contributed by atoms with Crippen molar-refractivity contribution >= 4 is 5.91 Å². The zero-order valence-corrected chi connectivity index (χ0v) is 5.72. The number of hydrogen-bond donors (Lipinski definition) is 2. The van der Waals surface area contributed by atoms with E-state index in [9.17, 15) is 4.79 Å². The van der Waals surface area contributed by atoms with E-state index in [1.54, 1.807) is 12.3 Å². The Hall–Kier alpha value is -1.25. The standard InChI is InChI=1S/C7H9N2O/c1-6(10)9-7-4-2-3-5-8-7/h2-5,8H,1H3,(H,9,10). The van der Waals surface area contributed by atoms with Crippen LogP contribution in [0.2, 0.25) is 0 Å². The number of dihydropyridines is 1. The summed E-state index contributed by atoms with van der Waals surface area (Å²) in [6.45, 7) is 1.47. The van der Waals surface area contributed by atoms with Crippen molar-refractivity contribution in [3.63, 3.8) is 0 Å². The first kappa shape index (κ1) is 6.86. The number of rotatable bonds is 1. The van der Waals surface area contributed by atoms with Crippen molar-refractivity contribution in [3.05, 3.63) is 30.6 Å². The second-order valence-corrected chi connectivity index (χ2v) is 1.96. The molecule has 0 atom stereocenters. The van der Waals surface area contributed by atoms with E-state index < -0.39 is 0 Å². The van der Waals surface area contributed by atoms with Crippen molar-refractivity contribution in [1.82, 2.24) is 10.6 Å². The van der Waals surface area contributed by atoms with Crippen LogP contribution in [0.1, 0.15) is 6.92 Å². The van der Waals surface area contributed by atoms with Crippen LogP contribution < -0.4 is 10.6 Å². The molecule has 0 saturated heterocycles. The number of amides is 1. The van der Waals surface area contributed by atoms with Crippen molar-refractivity contribution in [2.45, 2.75) is 6.92 Å². The van der Waals surface area contributed by atoms with Gasteiger partial charge < -0.3 is 10.6 Å². The van der Waals surface area contributed by atoms with E-state index in [0.717, 1.165) is 6.17 Å². The van der Waals surface area contributed by atoms with Crippen LogP contribution in [0.25, 0.3) is 0 Å². The van der Waals surface area contributed by atoms with Gasteiger partial charge in [0.25, 0.3) is 0 Å². The molecular formula is C7H9N2O. The second kappa shape index (κ2) is 3.06. The van der Waals surface area contributed by atoms with Crippen LogP contribution in [0.15, 0.2) is 24.4 Å². The minimum atomic E-state index is -0.0672. The van der Waals surface area contributed by atoms with E-state index in [2.05, 4.69) is 10.6 Å². The minimum absolute atomic E-state index is 0.0672. The smallest absolute Gasteiger partial charge is 0.219 e. The maximum Gasteiger partial charge on any atom is 0.219 e. The van der Waals surface area contributed by atoms with Crippen LogP contribution in [0, 0.1) is 6.17 Å². The van der Waals surface area contributed by atoms with E-state index in [1.165, 1.54) is 6.92 Å². The lowest BCUT2D eigenvalue weighted by molar-refractivity contribution is -0.118. The first-order valence-corrected chi connectivity index (χ1v) is 3.03. The van der Waals surface area contributed by atoms with Crippen molar-refractivity contribution in [3.8, 4) is 0 Å². The molecule has 0 unspecified atom stereocenters. The number of allylic oxidation sites excluding steroid dienone is 2. The Labute approximate surface area is 59.8 Å². The lowest BCUT2D eigenvalue weighted by Gasteiger charge is -2.13. The molecule has 53 valence electrons. The Kier molecular flexibility index (Phi) is 2.10. The third kappa shape index (κ3) is 1.93. The molecule has 0 bridgehead atoms. The number of nitrogens with one attached hydrogen (secondary N) is 2. The zero-order chi connectivity index (χ0) is 7.40. The van der Waals surface area contributed by atoms with Crippen molar-refractivity contribution in [2.75, 3.05) is 0 Å². The summed E-state index contributed by atoms with van der Waals surface area (Å²) in [7, 11) is 0. The molecule has 0 aromatic heterocycles. The average molecular weight is 137 g/mol. The summed E-state index contributed by atoms with van der Waals surface area (Å²) < 4.78 is 0. The summed E-state index contributed by atoms with van der Waals surface area (Å²) in [4.78, 5) is 10.5. The third-order valence-electron chi connectivity index (χ3n) is 1.02. The van der Waals surface area contributed by atoms with Gasteiger partial charge in [-0.2, -0.15) is 0 Å². The Balaban J connectivity index is 2.37. The van der Waals surface area contributed by atoms with Crippen molar-refractivity contribution in [1.29, 1.82) is 0 Å². The molecule has 10 heavy (non-hydrogen) atoms. The van der Waals surface area contributed by atoms with Crippen LogP contribution >= 0.6 is 0 Å². The van der Waals surface area contributed by atoms with Gasteiger partial charge in [-0.05, 0) is 18.4 Å². The number of carbonyl (C=O) groups excluding carboxylic acids is 1. The van der Waals surface area contributed by atoms with Gasteiger partial charge in [0, 0.05) is 6.92 Å². The van der Waals surface area contributed by atoms with Gasteiger partial charge in [0.05, 0.1) is 0 Å². The van der Waals surface area contributed by atoms with Crippen LogP contribution in [0.3, 0.4) is 0 Å². The first-order chi connectivity index (χ1) is 4.79. The Morgan fingerprint density at radius 2 is 2.40 bits per heavy atom. The van der Waals surface area contributed by atoms with Crippen LogP contribution in [0.4, 0.5) is 0 Å². The Bertz CT molecular complexity index is 184. The zero-order valence-electron chi connectivity index (χ0n) is 5.72. The van der Waals surface area contributed by atoms with Gasteiger partial charge in [-0.25, -0.2) is 0 Å². The predicted molar refractivity (Wildman–Crippen MR) is 38.5 cm³/mol. The first-order valence-electron chi connectivity index (χ1n) is 3.03. The maximum absolute atomic E-state index is 10.5. The molecule has 1 amide bonds. The molecule has 0 aromatic carbocycles. The monoisotopic (exact) mass is 137 g/mol. The highest BCUT2D eigenvalue weighted by molar-refractivity contribution is 5.74. The highest BCUT2D eigenvalue weighted by Gasteiger charge is 2.04. The van der Waals surface area contributed by atoms with E-state index in [1.807, 2.05) is 12.2 Å². The number of carbonyl (C=O) groups is 1. The van der Waals surface area contributed by atoms with Crippen LogP contribution in [0.5, 0.6) is 0 Å². The number of hydrogen-bond acceptors (Lipinski definition) is 2. The summed E-state index contributed by atoms with van der Waals surface area (Å²) in [5.41, 5.74) is 0. The average Bonchev–Trinajstić information content (AvgIpc) is 1.88. The van der Waals surface area contributed by atoms with Gasteiger partial charge in [-0.3, -0.25) is 4.79 Å². The van der Waals surface area contributed by atoms with Gasteiger partial charge in [0.2, 0.25) is 5.91 Å². The van der Waals surface area contributed by atoms with E-state index in [-0.39, 0.29) is 5.91 Å². The predicted octanol–water partition coefficient (Wildman–Crippen LogP) is 0.285. The highest BCUT2D eigenvalue weighted by atomic mass is 16.1. The Morgan fingerprint density at radius 3 is 2.90 bits per heavy atom. The summed E-state index contributed by atoms with van der Waals surface area (Å²) in [6, 6.07) is 0. The molecular weight excluding hydrogens is 128 g/mol. The molecule has 3 heteroatoms. The fourth-order valence-electron chi connectivity index (χ4n) is 0.661. The van der Waals surface area contributed by atoms with Gasteiger partial charge in [0.1, 0.15) is 0 Å². The van der Waals surface area contributed by atoms with E-state index in [4.69, 9.17) is 0 Å². The largest absolute Gasteiger partial charge is 0.362 e. The molecule has 1 aliphatic heterocycles. The molecule has 0 aliphatic carbocycles. The molecule has 3 nitrogen and oxygen atoms in total. The summed E-state index contributed by atoms with van der Waals surface area (Å²) in [6.07, 6.45) is 7.97. The van der Waals surface area contributed by atoms with Crippen LogP contribution in [-0.4, -0.2) is 5.91 Å². The molecule has 1 heterocycles. The van der Waals surface area contributed by atoms with E-state index in [0.29, 0.717) is 0 Å². The molecule has 1 rings (SSSR count). The Morgan fingerprint density at radius 1 is 1.60 bits per heavy atom. The summed E-state index contributed by atoms with van der Waals surface area (Å²) in [5.74, 6) is -0.0672. The topological polar surface area (TPSA) is 41.1 Å². The lowest BCUT2D eigenvalue weighted by atomic mass is 10.3. The quantitative estimate of drug-likeness (QED) is 0.545.